The van der Waals surface area contributed by atoms with E-state index in [1.165, 1.54) is 4.88 Å². The number of oxime groups is 1. The van der Waals surface area contributed by atoms with Crippen LogP contribution in [0.1, 0.15) is 23.0 Å². The van der Waals surface area contributed by atoms with Crippen molar-refractivity contribution in [1.29, 1.82) is 0 Å². The molecule has 0 bridgehead atoms. The quantitative estimate of drug-likeness (QED) is 0.807. The third-order valence-corrected chi connectivity index (χ3v) is 4.20. The molecule has 2 nitrogen and oxygen atoms in total. The van der Waals surface area contributed by atoms with Crippen molar-refractivity contribution >= 4 is 33.0 Å². The molecule has 17 heavy (non-hydrogen) atoms. The van der Waals surface area contributed by atoms with Crippen LogP contribution in [0.3, 0.4) is 0 Å². The molecule has 86 valence electrons. The zero-order chi connectivity index (χ0) is 11.7. The molecule has 1 aromatic carbocycles. The summed E-state index contributed by atoms with van der Waals surface area (Å²) in [5.41, 5.74) is 2.16. The molecule has 0 saturated heterocycles. The molecule has 0 N–H and O–H groups in total. The molecule has 1 aliphatic rings. The minimum Gasteiger partial charge on any atom is -0.386 e. The van der Waals surface area contributed by atoms with E-state index in [1.807, 2.05) is 18.2 Å². The van der Waals surface area contributed by atoms with Crippen LogP contribution in [-0.2, 0) is 4.84 Å². The molecule has 3 rings (SSSR count). The largest absolute Gasteiger partial charge is 0.386 e. The van der Waals surface area contributed by atoms with Crippen molar-refractivity contribution in [3.63, 3.8) is 0 Å². The lowest BCUT2D eigenvalue weighted by Gasteiger charge is -2.04. The van der Waals surface area contributed by atoms with Gasteiger partial charge in [0.05, 0.1) is 5.71 Å². The summed E-state index contributed by atoms with van der Waals surface area (Å²) >= 11 is 5.14. The van der Waals surface area contributed by atoms with Gasteiger partial charge in [-0.15, -0.1) is 11.3 Å². The smallest absolute Gasteiger partial charge is 0.167 e. The van der Waals surface area contributed by atoms with Gasteiger partial charge in [-0.25, -0.2) is 0 Å². The van der Waals surface area contributed by atoms with Crippen LogP contribution < -0.4 is 0 Å². The van der Waals surface area contributed by atoms with Crippen LogP contribution in [0.15, 0.2) is 51.4 Å². The molecule has 0 spiro atoms. The summed E-state index contributed by atoms with van der Waals surface area (Å²) in [5, 5.41) is 6.25. The second-order valence-corrected chi connectivity index (χ2v) is 5.75. The fraction of sp³-hybridized carbons (Fsp3) is 0.154. The van der Waals surface area contributed by atoms with E-state index in [-0.39, 0.29) is 6.10 Å². The molecule has 2 heterocycles. The minimum absolute atomic E-state index is 0.0913. The van der Waals surface area contributed by atoms with Crippen molar-refractivity contribution in [3.05, 3.63) is 56.7 Å². The number of nitrogens with zero attached hydrogens (tertiary/aromatic N) is 1. The summed E-state index contributed by atoms with van der Waals surface area (Å²) in [4.78, 5) is 6.72. The molecule has 0 radical (unpaired) electrons. The predicted octanol–water partition coefficient (Wildman–Crippen LogP) is 4.38. The highest BCUT2D eigenvalue weighted by molar-refractivity contribution is 9.10. The van der Waals surface area contributed by atoms with Crippen molar-refractivity contribution in [2.75, 3.05) is 0 Å². The zero-order valence-corrected chi connectivity index (χ0v) is 11.4. The lowest BCUT2D eigenvalue weighted by atomic mass is 10.0. The molecule has 1 aromatic heterocycles. The lowest BCUT2D eigenvalue weighted by Crippen LogP contribution is -1.99. The Morgan fingerprint density at radius 2 is 2.06 bits per heavy atom. The predicted molar refractivity (Wildman–Crippen MR) is 73.4 cm³/mol. The summed E-state index contributed by atoms with van der Waals surface area (Å²) in [6.45, 7) is 0. The van der Waals surface area contributed by atoms with E-state index in [4.69, 9.17) is 4.84 Å². The van der Waals surface area contributed by atoms with E-state index in [2.05, 4.69) is 44.7 Å². The van der Waals surface area contributed by atoms with Gasteiger partial charge in [0.2, 0.25) is 0 Å². The Kier molecular flexibility index (Phi) is 2.99. The third kappa shape index (κ3) is 2.28. The average molecular weight is 308 g/mol. The first-order valence-corrected chi connectivity index (χ1v) is 7.02. The molecular weight excluding hydrogens is 298 g/mol. The maximum atomic E-state index is 5.48. The van der Waals surface area contributed by atoms with E-state index < -0.39 is 0 Å². The Hall–Kier alpha value is -1.13. The van der Waals surface area contributed by atoms with E-state index in [0.29, 0.717) is 0 Å². The molecule has 0 aliphatic carbocycles. The van der Waals surface area contributed by atoms with Gasteiger partial charge in [0.15, 0.2) is 6.10 Å². The molecule has 0 saturated carbocycles. The Morgan fingerprint density at radius 3 is 2.76 bits per heavy atom. The average Bonchev–Trinajstić information content (AvgIpc) is 3.00. The summed E-state index contributed by atoms with van der Waals surface area (Å²) in [6.07, 6.45) is 0.941. The summed E-state index contributed by atoms with van der Waals surface area (Å²) in [7, 11) is 0. The van der Waals surface area contributed by atoms with Gasteiger partial charge in [0, 0.05) is 15.8 Å². The number of hydrogen-bond donors (Lipinski definition) is 0. The van der Waals surface area contributed by atoms with E-state index in [9.17, 15) is 0 Å². The monoisotopic (exact) mass is 307 g/mol. The number of benzene rings is 1. The SMILES string of the molecule is Brc1ccc(C2=NO[C@@H](c3cccs3)C2)cc1. The van der Waals surface area contributed by atoms with Gasteiger partial charge in [-0.05, 0) is 29.1 Å². The highest BCUT2D eigenvalue weighted by Gasteiger charge is 2.24. The van der Waals surface area contributed by atoms with Gasteiger partial charge in [-0.1, -0.05) is 39.3 Å². The highest BCUT2D eigenvalue weighted by atomic mass is 79.9. The molecule has 2 aromatic rings. The van der Waals surface area contributed by atoms with E-state index >= 15 is 0 Å². The van der Waals surface area contributed by atoms with Crippen molar-refractivity contribution in [2.45, 2.75) is 12.5 Å². The van der Waals surface area contributed by atoms with Gasteiger partial charge < -0.3 is 4.84 Å². The Balaban J connectivity index is 1.77. The number of rotatable bonds is 2. The van der Waals surface area contributed by atoms with Crippen LogP contribution in [0.4, 0.5) is 0 Å². The van der Waals surface area contributed by atoms with Gasteiger partial charge >= 0.3 is 0 Å². The standard InChI is InChI=1S/C13H10BrNOS/c14-10-5-3-9(4-6-10)11-8-12(16-15-11)13-2-1-7-17-13/h1-7,12H,8H2/t12-/m1/s1. The van der Waals surface area contributed by atoms with Crippen LogP contribution in [0, 0.1) is 0 Å². The normalized spacial score (nSPS) is 18.9. The van der Waals surface area contributed by atoms with Crippen LogP contribution in [-0.4, -0.2) is 5.71 Å². The van der Waals surface area contributed by atoms with Crippen molar-refractivity contribution in [2.24, 2.45) is 5.16 Å². The first-order chi connectivity index (χ1) is 8.33. The second kappa shape index (κ2) is 4.63. The van der Waals surface area contributed by atoms with Gasteiger partial charge in [0.25, 0.3) is 0 Å². The first-order valence-electron chi connectivity index (χ1n) is 5.35. The molecule has 0 fully saturated rings. The molecular formula is C13H10BrNOS. The minimum atomic E-state index is 0.0913. The molecule has 0 amide bonds. The maximum absolute atomic E-state index is 5.48. The fourth-order valence-electron chi connectivity index (χ4n) is 1.82. The lowest BCUT2D eigenvalue weighted by molar-refractivity contribution is 0.0883. The van der Waals surface area contributed by atoms with Crippen LogP contribution >= 0.6 is 27.3 Å². The zero-order valence-electron chi connectivity index (χ0n) is 8.97. The van der Waals surface area contributed by atoms with Gasteiger partial charge in [-0.3, -0.25) is 0 Å². The Bertz CT molecular complexity index is 533. The number of halogens is 1. The summed E-state index contributed by atoms with van der Waals surface area (Å²) < 4.78 is 1.08. The first kappa shape index (κ1) is 11.0. The topological polar surface area (TPSA) is 21.6 Å². The maximum Gasteiger partial charge on any atom is 0.167 e. The Labute approximate surface area is 112 Å². The van der Waals surface area contributed by atoms with E-state index in [0.717, 1.165) is 22.2 Å². The van der Waals surface area contributed by atoms with Crippen molar-refractivity contribution < 1.29 is 4.84 Å². The Morgan fingerprint density at radius 1 is 1.24 bits per heavy atom. The molecule has 1 aliphatic heterocycles. The molecule has 1 atom stereocenters. The van der Waals surface area contributed by atoms with Crippen molar-refractivity contribution in [1.82, 2.24) is 0 Å². The summed E-state index contributed by atoms with van der Waals surface area (Å²) in [6, 6.07) is 12.3. The second-order valence-electron chi connectivity index (χ2n) is 3.86. The summed E-state index contributed by atoms with van der Waals surface area (Å²) in [5.74, 6) is 0. The van der Waals surface area contributed by atoms with Gasteiger partial charge in [0.1, 0.15) is 0 Å². The number of thiophene rings is 1. The van der Waals surface area contributed by atoms with Crippen molar-refractivity contribution in [3.8, 4) is 0 Å². The highest BCUT2D eigenvalue weighted by Crippen LogP contribution is 2.32. The van der Waals surface area contributed by atoms with Gasteiger partial charge in [-0.2, -0.15) is 0 Å². The van der Waals surface area contributed by atoms with Crippen LogP contribution in [0.5, 0.6) is 0 Å². The molecule has 0 unspecified atom stereocenters. The van der Waals surface area contributed by atoms with Crippen LogP contribution in [0.25, 0.3) is 0 Å². The van der Waals surface area contributed by atoms with Crippen LogP contribution in [0.2, 0.25) is 0 Å². The number of hydrogen-bond acceptors (Lipinski definition) is 3. The van der Waals surface area contributed by atoms with E-state index in [1.54, 1.807) is 11.3 Å². The fourth-order valence-corrected chi connectivity index (χ4v) is 2.83. The molecule has 4 heteroatoms. The third-order valence-electron chi connectivity index (χ3n) is 2.71.